The molecule has 1 aromatic heterocycles. The minimum Gasteiger partial charge on any atom is -0.454 e. The standard InChI is InChI=1S/C20H17FN4O3/c21-14-3-1-13(2-4-14)7-8-22-19-11-23-16(10-24-19)20(26)25-15-5-6-17-18(9-15)28-12-27-17/h1-6,9-11H,7-8,12H2,(H,22,24)(H,25,26). The smallest absolute Gasteiger partial charge is 0.275 e. The van der Waals surface area contributed by atoms with Crippen LogP contribution in [-0.4, -0.2) is 29.2 Å². The number of carbonyl (C=O) groups excluding carboxylic acids is 1. The molecule has 0 fully saturated rings. The van der Waals surface area contributed by atoms with E-state index in [9.17, 15) is 9.18 Å². The van der Waals surface area contributed by atoms with Crippen LogP contribution in [0.2, 0.25) is 0 Å². The first kappa shape index (κ1) is 17.7. The lowest BCUT2D eigenvalue weighted by atomic mass is 10.1. The molecule has 0 saturated carbocycles. The third-order valence-electron chi connectivity index (χ3n) is 4.15. The van der Waals surface area contributed by atoms with Crippen molar-refractivity contribution in [1.29, 1.82) is 0 Å². The predicted molar refractivity (Wildman–Crippen MR) is 101 cm³/mol. The first-order valence-electron chi connectivity index (χ1n) is 8.69. The van der Waals surface area contributed by atoms with E-state index in [1.807, 2.05) is 0 Å². The van der Waals surface area contributed by atoms with Crippen LogP contribution in [0.5, 0.6) is 11.5 Å². The molecule has 0 saturated heterocycles. The highest BCUT2D eigenvalue weighted by Gasteiger charge is 2.15. The summed E-state index contributed by atoms with van der Waals surface area (Å²) >= 11 is 0. The van der Waals surface area contributed by atoms with Crippen molar-refractivity contribution in [2.45, 2.75) is 6.42 Å². The maximum atomic E-state index is 12.9. The number of ether oxygens (including phenoxy) is 2. The van der Waals surface area contributed by atoms with Gasteiger partial charge in [0.25, 0.3) is 5.91 Å². The summed E-state index contributed by atoms with van der Waals surface area (Å²) in [6, 6.07) is 11.5. The molecule has 0 bridgehead atoms. The van der Waals surface area contributed by atoms with Gasteiger partial charge in [-0.1, -0.05) is 12.1 Å². The van der Waals surface area contributed by atoms with Crippen LogP contribution in [-0.2, 0) is 6.42 Å². The summed E-state index contributed by atoms with van der Waals surface area (Å²) < 4.78 is 23.4. The minimum atomic E-state index is -0.371. The van der Waals surface area contributed by atoms with Gasteiger partial charge in [-0.2, -0.15) is 0 Å². The van der Waals surface area contributed by atoms with E-state index in [4.69, 9.17) is 9.47 Å². The molecule has 2 N–H and O–H groups in total. The molecule has 0 aliphatic carbocycles. The van der Waals surface area contributed by atoms with E-state index in [1.165, 1.54) is 24.5 Å². The van der Waals surface area contributed by atoms with Gasteiger partial charge in [0.2, 0.25) is 6.79 Å². The van der Waals surface area contributed by atoms with Crippen molar-refractivity contribution in [3.05, 3.63) is 71.9 Å². The number of fused-ring (bicyclic) bond motifs is 1. The number of hydrogen-bond donors (Lipinski definition) is 2. The molecule has 7 nitrogen and oxygen atoms in total. The molecular weight excluding hydrogens is 363 g/mol. The van der Waals surface area contributed by atoms with Gasteiger partial charge < -0.3 is 20.1 Å². The van der Waals surface area contributed by atoms with Gasteiger partial charge in [-0.15, -0.1) is 0 Å². The SMILES string of the molecule is O=C(Nc1ccc2c(c1)OCO2)c1cnc(NCCc2ccc(F)cc2)cn1. The summed E-state index contributed by atoms with van der Waals surface area (Å²) in [6.07, 6.45) is 3.62. The maximum absolute atomic E-state index is 12.9. The van der Waals surface area contributed by atoms with Crippen molar-refractivity contribution in [3.63, 3.8) is 0 Å². The van der Waals surface area contributed by atoms with Crippen LogP contribution in [0.15, 0.2) is 54.9 Å². The third-order valence-corrected chi connectivity index (χ3v) is 4.15. The van der Waals surface area contributed by atoms with Crippen LogP contribution >= 0.6 is 0 Å². The van der Waals surface area contributed by atoms with E-state index in [1.54, 1.807) is 30.3 Å². The van der Waals surface area contributed by atoms with Crippen LogP contribution in [0.3, 0.4) is 0 Å². The number of hydrogen-bond acceptors (Lipinski definition) is 6. The lowest BCUT2D eigenvalue weighted by Crippen LogP contribution is -2.15. The Labute approximate surface area is 160 Å². The Balaban J connectivity index is 1.31. The van der Waals surface area contributed by atoms with E-state index in [-0.39, 0.29) is 24.2 Å². The van der Waals surface area contributed by atoms with E-state index in [0.29, 0.717) is 36.0 Å². The van der Waals surface area contributed by atoms with E-state index < -0.39 is 0 Å². The van der Waals surface area contributed by atoms with Gasteiger partial charge in [-0.05, 0) is 36.2 Å². The minimum absolute atomic E-state index is 0.174. The molecule has 0 spiro atoms. The fourth-order valence-electron chi connectivity index (χ4n) is 2.69. The van der Waals surface area contributed by atoms with Crippen molar-refractivity contribution in [2.24, 2.45) is 0 Å². The zero-order chi connectivity index (χ0) is 19.3. The van der Waals surface area contributed by atoms with Crippen molar-refractivity contribution in [3.8, 4) is 11.5 Å². The third kappa shape index (κ3) is 4.17. The van der Waals surface area contributed by atoms with Gasteiger partial charge in [-0.25, -0.2) is 14.4 Å². The topological polar surface area (TPSA) is 85.4 Å². The predicted octanol–water partition coefficient (Wildman–Crippen LogP) is 3.25. The van der Waals surface area contributed by atoms with Gasteiger partial charge in [0.1, 0.15) is 17.3 Å². The Bertz CT molecular complexity index is 978. The van der Waals surface area contributed by atoms with Gasteiger partial charge in [0, 0.05) is 18.3 Å². The quantitative estimate of drug-likeness (QED) is 0.683. The molecule has 2 heterocycles. The first-order chi connectivity index (χ1) is 13.7. The van der Waals surface area contributed by atoms with Crippen molar-refractivity contribution in [1.82, 2.24) is 9.97 Å². The number of rotatable bonds is 6. The highest BCUT2D eigenvalue weighted by atomic mass is 19.1. The van der Waals surface area contributed by atoms with Crippen molar-refractivity contribution >= 4 is 17.4 Å². The molecular formula is C20H17FN4O3. The zero-order valence-corrected chi connectivity index (χ0v) is 14.8. The summed E-state index contributed by atoms with van der Waals surface area (Å²) in [5, 5.41) is 5.87. The fraction of sp³-hybridized carbons (Fsp3) is 0.150. The number of aromatic nitrogens is 2. The number of nitrogens with one attached hydrogen (secondary N) is 2. The number of anilines is 2. The van der Waals surface area contributed by atoms with E-state index in [0.717, 1.165) is 5.56 Å². The monoisotopic (exact) mass is 380 g/mol. The summed E-state index contributed by atoms with van der Waals surface area (Å²) in [5.74, 6) is 1.17. The average molecular weight is 380 g/mol. The van der Waals surface area contributed by atoms with Gasteiger partial charge >= 0.3 is 0 Å². The molecule has 4 rings (SSSR count). The molecule has 0 unspecified atom stereocenters. The molecule has 8 heteroatoms. The second kappa shape index (κ2) is 7.91. The molecule has 142 valence electrons. The van der Waals surface area contributed by atoms with Crippen LogP contribution in [0.25, 0.3) is 0 Å². The zero-order valence-electron chi connectivity index (χ0n) is 14.8. The molecule has 3 aromatic rings. The second-order valence-electron chi connectivity index (χ2n) is 6.11. The maximum Gasteiger partial charge on any atom is 0.275 e. The molecule has 0 atom stereocenters. The molecule has 1 aliphatic heterocycles. The van der Waals surface area contributed by atoms with E-state index >= 15 is 0 Å². The first-order valence-corrected chi connectivity index (χ1v) is 8.69. The molecule has 0 radical (unpaired) electrons. The van der Waals surface area contributed by atoms with E-state index in [2.05, 4.69) is 20.6 Å². The van der Waals surface area contributed by atoms with Gasteiger partial charge in [0.15, 0.2) is 11.5 Å². The van der Waals surface area contributed by atoms with Crippen LogP contribution in [0.4, 0.5) is 15.9 Å². The summed E-state index contributed by atoms with van der Waals surface area (Å²) in [4.78, 5) is 20.7. The number of carbonyl (C=O) groups is 1. The average Bonchev–Trinajstić information content (AvgIpc) is 3.18. The molecule has 1 amide bonds. The Morgan fingerprint density at radius 1 is 1.04 bits per heavy atom. The molecule has 28 heavy (non-hydrogen) atoms. The second-order valence-corrected chi connectivity index (χ2v) is 6.11. The number of amides is 1. The van der Waals surface area contributed by atoms with Gasteiger partial charge in [0.05, 0.1) is 12.4 Å². The lowest BCUT2D eigenvalue weighted by molar-refractivity contribution is 0.102. The highest BCUT2D eigenvalue weighted by molar-refractivity contribution is 6.02. The normalized spacial score (nSPS) is 11.9. The summed E-state index contributed by atoms with van der Waals surface area (Å²) in [6.45, 7) is 0.789. The molecule has 2 aromatic carbocycles. The highest BCUT2D eigenvalue weighted by Crippen LogP contribution is 2.34. The van der Waals surface area contributed by atoms with Crippen molar-refractivity contribution in [2.75, 3.05) is 24.0 Å². The molecule has 1 aliphatic rings. The summed E-state index contributed by atoms with van der Waals surface area (Å²) in [7, 11) is 0. The number of benzene rings is 2. The Morgan fingerprint density at radius 3 is 2.64 bits per heavy atom. The van der Waals surface area contributed by atoms with Crippen molar-refractivity contribution < 1.29 is 18.7 Å². The number of halogens is 1. The Kier molecular flexibility index (Phi) is 5.01. The largest absolute Gasteiger partial charge is 0.454 e. The Hall–Kier alpha value is -3.68. The summed E-state index contributed by atoms with van der Waals surface area (Å²) in [5.41, 5.74) is 1.79. The van der Waals surface area contributed by atoms with Crippen LogP contribution in [0.1, 0.15) is 16.1 Å². The Morgan fingerprint density at radius 2 is 1.86 bits per heavy atom. The lowest BCUT2D eigenvalue weighted by Gasteiger charge is -2.07. The fourth-order valence-corrected chi connectivity index (χ4v) is 2.69. The number of nitrogens with zero attached hydrogens (tertiary/aromatic N) is 2. The van der Waals surface area contributed by atoms with Gasteiger partial charge in [-0.3, -0.25) is 4.79 Å². The van der Waals surface area contributed by atoms with Crippen LogP contribution in [0, 0.1) is 5.82 Å². The van der Waals surface area contributed by atoms with Crippen LogP contribution < -0.4 is 20.1 Å².